The molecule has 1 aliphatic rings. The predicted octanol–water partition coefficient (Wildman–Crippen LogP) is 3.94. The Morgan fingerprint density at radius 2 is 1.58 bits per heavy atom. The molecule has 140 valence electrons. The van der Waals surface area contributed by atoms with Crippen molar-refractivity contribution in [1.29, 1.82) is 0 Å². The highest BCUT2D eigenvalue weighted by Gasteiger charge is 2.40. The Kier molecular flexibility index (Phi) is 6.05. The molecule has 2 atom stereocenters. The van der Waals surface area contributed by atoms with Gasteiger partial charge in [-0.25, -0.2) is 0 Å². The fourth-order valence-electron chi connectivity index (χ4n) is 4.66. The molecule has 4 nitrogen and oxygen atoms in total. The van der Waals surface area contributed by atoms with Crippen LogP contribution in [0.15, 0.2) is 48.8 Å². The quantitative estimate of drug-likeness (QED) is 0.792. The molecule has 2 aromatic rings. The summed E-state index contributed by atoms with van der Waals surface area (Å²) in [4.78, 5) is 8.85. The minimum Gasteiger partial charge on any atom is -0.311 e. The number of pyridine rings is 2. The Morgan fingerprint density at radius 3 is 2.19 bits per heavy atom. The molecule has 0 radical (unpaired) electrons. The molecule has 0 saturated heterocycles. The Bertz CT molecular complexity index is 671. The standard InChI is InChI=1S/C22H32N4/c1-21(2)12-20(26-15-19-9-5-7-11-25-19)13-22(3,16-21)17-23-14-18-8-4-6-10-24-18/h4-11,20,23,26H,12-17H2,1-3H3. The summed E-state index contributed by atoms with van der Waals surface area (Å²) in [6.45, 7) is 9.93. The van der Waals surface area contributed by atoms with Crippen molar-refractivity contribution >= 4 is 0 Å². The van der Waals surface area contributed by atoms with Gasteiger partial charge in [-0.05, 0) is 54.4 Å². The van der Waals surface area contributed by atoms with Gasteiger partial charge in [0.1, 0.15) is 0 Å². The van der Waals surface area contributed by atoms with Gasteiger partial charge < -0.3 is 10.6 Å². The maximum atomic E-state index is 4.44. The fraction of sp³-hybridized carbons (Fsp3) is 0.545. The second-order valence-corrected chi connectivity index (χ2v) is 8.88. The molecule has 0 aliphatic heterocycles. The summed E-state index contributed by atoms with van der Waals surface area (Å²) in [5, 5.41) is 7.40. The molecule has 0 spiro atoms. The van der Waals surface area contributed by atoms with E-state index in [4.69, 9.17) is 0 Å². The van der Waals surface area contributed by atoms with Crippen molar-refractivity contribution in [2.24, 2.45) is 10.8 Å². The van der Waals surface area contributed by atoms with E-state index >= 15 is 0 Å². The topological polar surface area (TPSA) is 49.8 Å². The minimum atomic E-state index is 0.290. The van der Waals surface area contributed by atoms with E-state index < -0.39 is 0 Å². The molecular weight excluding hydrogens is 320 g/mol. The van der Waals surface area contributed by atoms with Crippen LogP contribution in [0.1, 0.15) is 51.4 Å². The number of hydrogen-bond donors (Lipinski definition) is 2. The van der Waals surface area contributed by atoms with Crippen LogP contribution in [0.3, 0.4) is 0 Å². The molecule has 0 amide bonds. The monoisotopic (exact) mass is 352 g/mol. The van der Waals surface area contributed by atoms with Crippen LogP contribution in [0.4, 0.5) is 0 Å². The normalized spacial score (nSPS) is 25.1. The van der Waals surface area contributed by atoms with E-state index in [1.807, 2.05) is 30.6 Å². The average molecular weight is 353 g/mol. The van der Waals surface area contributed by atoms with Crippen LogP contribution in [-0.4, -0.2) is 22.6 Å². The molecule has 1 fully saturated rings. The molecule has 26 heavy (non-hydrogen) atoms. The molecule has 2 N–H and O–H groups in total. The summed E-state index contributed by atoms with van der Waals surface area (Å²) in [7, 11) is 0. The van der Waals surface area contributed by atoms with Crippen molar-refractivity contribution in [3.05, 3.63) is 60.2 Å². The van der Waals surface area contributed by atoms with Gasteiger partial charge in [-0.2, -0.15) is 0 Å². The first-order valence-corrected chi connectivity index (χ1v) is 9.68. The van der Waals surface area contributed by atoms with E-state index in [9.17, 15) is 0 Å². The van der Waals surface area contributed by atoms with Gasteiger partial charge in [0.15, 0.2) is 0 Å². The summed E-state index contributed by atoms with van der Waals surface area (Å²) < 4.78 is 0. The van der Waals surface area contributed by atoms with Crippen molar-refractivity contribution in [2.45, 2.75) is 59.2 Å². The molecule has 2 heterocycles. The maximum absolute atomic E-state index is 4.44. The molecule has 2 unspecified atom stereocenters. The number of nitrogens with one attached hydrogen (secondary N) is 2. The van der Waals surface area contributed by atoms with Gasteiger partial charge in [-0.1, -0.05) is 32.9 Å². The molecule has 3 rings (SSSR count). The largest absolute Gasteiger partial charge is 0.311 e. The SMILES string of the molecule is CC1(C)CC(NCc2ccccn2)CC(C)(CNCc2ccccn2)C1. The van der Waals surface area contributed by atoms with Gasteiger partial charge in [0.25, 0.3) is 0 Å². The molecule has 0 bridgehead atoms. The minimum absolute atomic E-state index is 0.290. The van der Waals surface area contributed by atoms with E-state index in [1.165, 1.54) is 19.3 Å². The zero-order valence-electron chi connectivity index (χ0n) is 16.3. The van der Waals surface area contributed by atoms with Gasteiger partial charge >= 0.3 is 0 Å². The van der Waals surface area contributed by atoms with Crippen LogP contribution >= 0.6 is 0 Å². The van der Waals surface area contributed by atoms with Crippen LogP contribution in [0.5, 0.6) is 0 Å². The van der Waals surface area contributed by atoms with Gasteiger partial charge in [-0.3, -0.25) is 9.97 Å². The lowest BCUT2D eigenvalue weighted by Crippen LogP contribution is -2.48. The van der Waals surface area contributed by atoms with Crippen molar-refractivity contribution in [2.75, 3.05) is 6.54 Å². The Labute approximate surface area is 157 Å². The highest BCUT2D eigenvalue weighted by Crippen LogP contribution is 2.45. The number of aromatic nitrogens is 2. The summed E-state index contributed by atoms with van der Waals surface area (Å²) in [5.41, 5.74) is 2.86. The second-order valence-electron chi connectivity index (χ2n) is 8.88. The molecule has 2 aromatic heterocycles. The molecular formula is C22H32N4. The van der Waals surface area contributed by atoms with Gasteiger partial charge in [0, 0.05) is 38.1 Å². The van der Waals surface area contributed by atoms with E-state index in [-0.39, 0.29) is 5.41 Å². The lowest BCUT2D eigenvalue weighted by atomic mass is 9.62. The van der Waals surface area contributed by atoms with Gasteiger partial charge in [-0.15, -0.1) is 0 Å². The third kappa shape index (κ3) is 5.61. The maximum Gasteiger partial charge on any atom is 0.0541 e. The van der Waals surface area contributed by atoms with Crippen LogP contribution in [0, 0.1) is 10.8 Å². The molecule has 4 heteroatoms. The van der Waals surface area contributed by atoms with Crippen molar-refractivity contribution < 1.29 is 0 Å². The first kappa shape index (κ1) is 19.0. The van der Waals surface area contributed by atoms with Crippen LogP contribution < -0.4 is 10.6 Å². The van der Waals surface area contributed by atoms with Crippen molar-refractivity contribution in [1.82, 2.24) is 20.6 Å². The molecule has 1 saturated carbocycles. The van der Waals surface area contributed by atoms with E-state index in [0.29, 0.717) is 11.5 Å². The van der Waals surface area contributed by atoms with E-state index in [0.717, 1.165) is 31.0 Å². The van der Waals surface area contributed by atoms with E-state index in [2.05, 4.69) is 59.6 Å². The molecule has 0 aromatic carbocycles. The zero-order chi connectivity index (χ0) is 18.5. The van der Waals surface area contributed by atoms with Crippen LogP contribution in [0.2, 0.25) is 0 Å². The third-order valence-corrected chi connectivity index (χ3v) is 5.33. The predicted molar refractivity (Wildman–Crippen MR) is 107 cm³/mol. The number of rotatable bonds is 7. The molecule has 1 aliphatic carbocycles. The average Bonchev–Trinajstić information content (AvgIpc) is 2.60. The third-order valence-electron chi connectivity index (χ3n) is 5.33. The van der Waals surface area contributed by atoms with Gasteiger partial charge in [0.05, 0.1) is 11.4 Å². The first-order valence-electron chi connectivity index (χ1n) is 9.68. The van der Waals surface area contributed by atoms with Crippen LogP contribution in [-0.2, 0) is 13.1 Å². The lowest BCUT2D eigenvalue weighted by molar-refractivity contribution is 0.0693. The second kappa shape index (κ2) is 8.28. The summed E-state index contributed by atoms with van der Waals surface area (Å²) in [5.74, 6) is 0. The van der Waals surface area contributed by atoms with Crippen molar-refractivity contribution in [3.63, 3.8) is 0 Å². The Balaban J connectivity index is 1.55. The zero-order valence-corrected chi connectivity index (χ0v) is 16.3. The van der Waals surface area contributed by atoms with E-state index in [1.54, 1.807) is 0 Å². The summed E-state index contributed by atoms with van der Waals surface area (Å²) >= 11 is 0. The van der Waals surface area contributed by atoms with Gasteiger partial charge in [0.2, 0.25) is 0 Å². The highest BCUT2D eigenvalue weighted by atomic mass is 15.0. The fourth-order valence-corrected chi connectivity index (χ4v) is 4.66. The number of hydrogen-bond acceptors (Lipinski definition) is 4. The van der Waals surface area contributed by atoms with Crippen molar-refractivity contribution in [3.8, 4) is 0 Å². The first-order chi connectivity index (χ1) is 12.4. The summed E-state index contributed by atoms with van der Waals surface area (Å²) in [6, 6.07) is 12.7. The number of nitrogens with zero attached hydrogens (tertiary/aromatic N) is 2. The highest BCUT2D eigenvalue weighted by molar-refractivity contribution is 5.05. The Hall–Kier alpha value is -1.78. The Morgan fingerprint density at radius 1 is 0.923 bits per heavy atom. The van der Waals surface area contributed by atoms with Crippen LogP contribution in [0.25, 0.3) is 0 Å². The lowest BCUT2D eigenvalue weighted by Gasteiger charge is -2.47. The smallest absolute Gasteiger partial charge is 0.0541 e. The summed E-state index contributed by atoms with van der Waals surface area (Å²) in [6.07, 6.45) is 7.39.